The van der Waals surface area contributed by atoms with Gasteiger partial charge in [-0.3, -0.25) is 14.4 Å². The van der Waals surface area contributed by atoms with Crippen molar-refractivity contribution in [2.75, 3.05) is 20.8 Å². The minimum absolute atomic E-state index is 0.0663. The average molecular weight is 610 g/mol. The van der Waals surface area contributed by atoms with E-state index in [-0.39, 0.29) is 36.7 Å². The Morgan fingerprint density at radius 3 is 2.00 bits per heavy atom. The van der Waals surface area contributed by atoms with Gasteiger partial charge in [0.1, 0.15) is 18.2 Å². The smallest absolute Gasteiger partial charge is 0.408 e. The van der Waals surface area contributed by atoms with Crippen LogP contribution in [0.4, 0.5) is 4.79 Å². The van der Waals surface area contributed by atoms with E-state index in [2.05, 4.69) is 22.8 Å². The molecule has 2 aromatic rings. The van der Waals surface area contributed by atoms with Gasteiger partial charge in [-0.25, -0.2) is 4.79 Å². The number of nitrogens with one attached hydrogen (secondary N) is 2. The summed E-state index contributed by atoms with van der Waals surface area (Å²) < 4.78 is 11.1. The number of likely N-dealkylation sites (N-methyl/N-ethyl adjacent to an activating group) is 1. The lowest BCUT2D eigenvalue weighted by Crippen LogP contribution is -2.62. The Kier molecular flexibility index (Phi) is 11.6. The van der Waals surface area contributed by atoms with Crippen LogP contribution in [0.25, 0.3) is 11.1 Å². The molecular weight excluding hydrogens is 562 g/mol. The van der Waals surface area contributed by atoms with Gasteiger partial charge in [-0.1, -0.05) is 82.6 Å². The van der Waals surface area contributed by atoms with Crippen molar-refractivity contribution in [3.8, 4) is 11.1 Å². The second-order valence-corrected chi connectivity index (χ2v) is 12.5. The molecule has 4 atom stereocenters. The van der Waals surface area contributed by atoms with Crippen LogP contribution in [0, 0.1) is 11.8 Å². The van der Waals surface area contributed by atoms with E-state index in [1.165, 1.54) is 12.0 Å². The van der Waals surface area contributed by atoms with Crippen LogP contribution in [0.5, 0.6) is 0 Å². The van der Waals surface area contributed by atoms with Gasteiger partial charge in [0.25, 0.3) is 0 Å². The standard InChI is InChI=1S/C34H47N3O7/c1-9-21(4)30(27(43-8)18-28(38)39)37(7)31(40)29(20(2)3)35-32(41)34(5,6)36-33(42)44-19-26-24-16-12-10-14-22(24)23-15-11-13-17-25(23)26/h10-17,20-21,26-27,29-30H,9,18-19H2,1-8H3,(H,35,41)(H,36,42)(H,38,39). The van der Waals surface area contributed by atoms with Crippen LogP contribution in [0.3, 0.4) is 0 Å². The van der Waals surface area contributed by atoms with Crippen molar-refractivity contribution in [1.29, 1.82) is 0 Å². The minimum atomic E-state index is -1.40. The summed E-state index contributed by atoms with van der Waals surface area (Å²) in [5.74, 6) is -2.44. The van der Waals surface area contributed by atoms with Crippen molar-refractivity contribution in [2.45, 2.75) is 84.0 Å². The molecule has 3 rings (SSSR count). The monoisotopic (exact) mass is 609 g/mol. The normalized spacial score (nSPS) is 15.4. The number of ether oxygens (including phenoxy) is 2. The molecule has 2 aromatic carbocycles. The van der Waals surface area contributed by atoms with Crippen molar-refractivity contribution < 1.29 is 33.8 Å². The summed E-state index contributed by atoms with van der Waals surface area (Å²) in [6, 6.07) is 14.6. The largest absolute Gasteiger partial charge is 0.481 e. The number of carbonyl (C=O) groups is 4. The van der Waals surface area contributed by atoms with Gasteiger partial charge in [0.15, 0.2) is 0 Å². The van der Waals surface area contributed by atoms with E-state index in [4.69, 9.17) is 9.47 Å². The molecule has 0 aromatic heterocycles. The van der Waals surface area contributed by atoms with Crippen LogP contribution in [0.15, 0.2) is 48.5 Å². The van der Waals surface area contributed by atoms with Gasteiger partial charge in [-0.2, -0.15) is 0 Å². The molecule has 0 spiro atoms. The topological polar surface area (TPSA) is 134 Å². The highest BCUT2D eigenvalue weighted by Crippen LogP contribution is 2.44. The first-order valence-electron chi connectivity index (χ1n) is 15.2. The quantitative estimate of drug-likeness (QED) is 0.280. The lowest BCUT2D eigenvalue weighted by Gasteiger charge is -2.40. The molecule has 0 aliphatic heterocycles. The number of carboxylic acid groups (broad SMARTS) is 1. The van der Waals surface area contributed by atoms with Gasteiger partial charge in [-0.15, -0.1) is 0 Å². The van der Waals surface area contributed by atoms with Gasteiger partial charge in [0.2, 0.25) is 11.8 Å². The molecular formula is C34H47N3O7. The number of amides is 3. The Morgan fingerprint density at radius 1 is 0.977 bits per heavy atom. The molecule has 240 valence electrons. The summed E-state index contributed by atoms with van der Waals surface area (Å²) in [6.45, 7) is 10.7. The highest BCUT2D eigenvalue weighted by atomic mass is 16.5. The number of methoxy groups -OCH3 is 1. The molecule has 0 fully saturated rings. The number of hydrogen-bond acceptors (Lipinski definition) is 6. The van der Waals surface area contributed by atoms with Gasteiger partial charge in [0, 0.05) is 20.1 Å². The first-order valence-corrected chi connectivity index (χ1v) is 15.2. The number of benzene rings is 2. The molecule has 10 nitrogen and oxygen atoms in total. The van der Waals surface area contributed by atoms with Crippen LogP contribution >= 0.6 is 0 Å². The third kappa shape index (κ3) is 7.77. The number of alkyl carbamates (subject to hydrolysis) is 1. The van der Waals surface area contributed by atoms with Crippen molar-refractivity contribution in [1.82, 2.24) is 15.5 Å². The van der Waals surface area contributed by atoms with E-state index in [9.17, 15) is 24.3 Å². The SMILES string of the molecule is CCC(C)C(C(CC(=O)O)OC)N(C)C(=O)C(NC(=O)C(C)(C)NC(=O)OCC1c2ccccc2-c2ccccc21)C(C)C. The van der Waals surface area contributed by atoms with Gasteiger partial charge in [-0.05, 0) is 47.9 Å². The predicted octanol–water partition coefficient (Wildman–Crippen LogP) is 4.81. The predicted molar refractivity (Wildman–Crippen MR) is 168 cm³/mol. The van der Waals surface area contributed by atoms with Crippen LogP contribution in [-0.2, 0) is 23.9 Å². The maximum Gasteiger partial charge on any atom is 0.408 e. The number of fused-ring (bicyclic) bond motifs is 3. The first kappa shape index (κ1) is 34.6. The maximum atomic E-state index is 13.8. The van der Waals surface area contributed by atoms with E-state index in [0.29, 0.717) is 6.42 Å². The van der Waals surface area contributed by atoms with Gasteiger partial charge < -0.3 is 30.1 Å². The summed E-state index contributed by atoms with van der Waals surface area (Å²) >= 11 is 0. The Morgan fingerprint density at radius 2 is 1.52 bits per heavy atom. The zero-order chi connectivity index (χ0) is 32.8. The third-order valence-corrected chi connectivity index (χ3v) is 8.63. The Labute approximate surface area is 260 Å². The molecule has 0 radical (unpaired) electrons. The van der Waals surface area contributed by atoms with Gasteiger partial charge in [0.05, 0.1) is 18.6 Å². The number of carboxylic acids is 1. The second kappa shape index (κ2) is 14.7. The van der Waals surface area contributed by atoms with E-state index >= 15 is 0 Å². The number of rotatable bonds is 14. The van der Waals surface area contributed by atoms with Crippen molar-refractivity contribution in [2.24, 2.45) is 11.8 Å². The average Bonchev–Trinajstić information content (AvgIpc) is 3.30. The zero-order valence-electron chi connectivity index (χ0n) is 27.0. The molecule has 3 amide bonds. The number of aliphatic carboxylic acids is 1. The molecule has 1 aliphatic carbocycles. The van der Waals surface area contributed by atoms with E-state index in [1.807, 2.05) is 64.1 Å². The molecule has 44 heavy (non-hydrogen) atoms. The summed E-state index contributed by atoms with van der Waals surface area (Å²) in [7, 11) is 3.04. The summed E-state index contributed by atoms with van der Waals surface area (Å²) in [4.78, 5) is 53.2. The summed E-state index contributed by atoms with van der Waals surface area (Å²) in [5.41, 5.74) is 2.98. The summed E-state index contributed by atoms with van der Waals surface area (Å²) in [6.07, 6.45) is -1.05. The number of carbonyl (C=O) groups excluding carboxylic acids is 3. The molecule has 10 heteroatoms. The Hall–Kier alpha value is -3.92. The molecule has 0 heterocycles. The molecule has 0 bridgehead atoms. The van der Waals surface area contributed by atoms with Crippen LogP contribution in [0.2, 0.25) is 0 Å². The fraction of sp³-hybridized carbons (Fsp3) is 0.529. The maximum absolute atomic E-state index is 13.8. The van der Waals surface area contributed by atoms with Crippen molar-refractivity contribution in [3.05, 3.63) is 59.7 Å². The second-order valence-electron chi connectivity index (χ2n) is 12.5. The zero-order valence-corrected chi connectivity index (χ0v) is 27.0. The number of nitrogens with zero attached hydrogens (tertiary/aromatic N) is 1. The van der Waals surface area contributed by atoms with Crippen molar-refractivity contribution >= 4 is 23.9 Å². The van der Waals surface area contributed by atoms with Gasteiger partial charge >= 0.3 is 12.1 Å². The molecule has 1 aliphatic rings. The Balaban J connectivity index is 1.69. The van der Waals surface area contributed by atoms with E-state index in [1.54, 1.807) is 20.9 Å². The molecule has 0 saturated heterocycles. The Bertz CT molecular complexity index is 1300. The number of hydrogen-bond donors (Lipinski definition) is 3. The van der Waals surface area contributed by atoms with Crippen LogP contribution in [-0.4, -0.2) is 78.4 Å². The first-order chi connectivity index (χ1) is 20.7. The lowest BCUT2D eigenvalue weighted by atomic mass is 9.90. The van der Waals surface area contributed by atoms with E-state index in [0.717, 1.165) is 22.3 Å². The van der Waals surface area contributed by atoms with Crippen molar-refractivity contribution in [3.63, 3.8) is 0 Å². The molecule has 3 N–H and O–H groups in total. The lowest BCUT2D eigenvalue weighted by molar-refractivity contribution is -0.148. The highest BCUT2D eigenvalue weighted by Gasteiger charge is 2.40. The molecule has 0 saturated carbocycles. The van der Waals surface area contributed by atoms with Crippen LogP contribution in [0.1, 0.15) is 71.4 Å². The highest BCUT2D eigenvalue weighted by molar-refractivity contribution is 5.93. The fourth-order valence-corrected chi connectivity index (χ4v) is 5.90. The fourth-order valence-electron chi connectivity index (χ4n) is 5.90. The summed E-state index contributed by atoms with van der Waals surface area (Å²) in [5, 5.41) is 14.9. The minimum Gasteiger partial charge on any atom is -0.481 e. The third-order valence-electron chi connectivity index (χ3n) is 8.63. The van der Waals surface area contributed by atoms with E-state index < -0.39 is 41.7 Å². The molecule has 4 unspecified atom stereocenters. The van der Waals surface area contributed by atoms with Crippen LogP contribution < -0.4 is 10.6 Å².